The smallest absolute Gasteiger partial charge is 0.251 e. The molecular formula is C15H21F2NO2. The Morgan fingerprint density at radius 2 is 1.95 bits per heavy atom. The van der Waals surface area contributed by atoms with E-state index in [2.05, 4.69) is 0 Å². The number of aliphatic hydroxyl groups excluding tert-OH is 1. The van der Waals surface area contributed by atoms with Gasteiger partial charge < -0.3 is 5.11 Å². The molecular weight excluding hydrogens is 264 g/mol. The Morgan fingerprint density at radius 3 is 2.45 bits per heavy atom. The molecule has 1 rings (SSSR count). The van der Waals surface area contributed by atoms with Gasteiger partial charge in [0.1, 0.15) is 0 Å². The van der Waals surface area contributed by atoms with E-state index in [1.54, 1.807) is 19.1 Å². The van der Waals surface area contributed by atoms with Gasteiger partial charge >= 0.3 is 0 Å². The minimum atomic E-state index is -2.53. The molecule has 0 saturated carbocycles. The maximum atomic E-state index is 12.5. The number of Topliss-reactive ketones (excluding diaryl/α,β-unsaturated/α-hetero) is 1. The van der Waals surface area contributed by atoms with Crippen molar-refractivity contribution < 1.29 is 18.7 Å². The third-order valence-electron chi connectivity index (χ3n) is 3.48. The van der Waals surface area contributed by atoms with Crippen LogP contribution in [0.3, 0.4) is 0 Å². The summed E-state index contributed by atoms with van der Waals surface area (Å²) in [5, 5.41) is 8.93. The summed E-state index contributed by atoms with van der Waals surface area (Å²) in [6.07, 6.45) is -2.53. The van der Waals surface area contributed by atoms with E-state index in [1.807, 2.05) is 19.9 Å². The van der Waals surface area contributed by atoms with Crippen LogP contribution in [0.4, 0.5) is 8.78 Å². The number of nitrogens with zero attached hydrogens (tertiary/aromatic N) is 1. The number of rotatable bonds is 7. The molecule has 5 heteroatoms. The van der Waals surface area contributed by atoms with Gasteiger partial charge in [-0.3, -0.25) is 9.69 Å². The second kappa shape index (κ2) is 7.45. The molecule has 0 amide bonds. The van der Waals surface area contributed by atoms with Gasteiger partial charge in [-0.15, -0.1) is 0 Å². The maximum Gasteiger partial charge on any atom is 0.251 e. The van der Waals surface area contributed by atoms with Crippen LogP contribution in [0, 0.1) is 13.8 Å². The summed E-state index contributed by atoms with van der Waals surface area (Å²) in [6.45, 7) is 4.73. The largest absolute Gasteiger partial charge is 0.395 e. The Balaban J connectivity index is 2.89. The normalized spacial score (nSPS) is 13.0. The Bertz CT molecular complexity index is 463. The average molecular weight is 285 g/mol. The highest BCUT2D eigenvalue weighted by molar-refractivity contribution is 6.00. The molecule has 0 aliphatic rings. The lowest BCUT2D eigenvalue weighted by Crippen LogP contribution is -2.43. The van der Waals surface area contributed by atoms with Crippen LogP contribution in [0.2, 0.25) is 0 Å². The molecule has 0 aliphatic heterocycles. The summed E-state index contributed by atoms with van der Waals surface area (Å²) in [4.78, 5) is 13.6. The highest BCUT2D eigenvalue weighted by atomic mass is 19.3. The molecule has 0 aliphatic carbocycles. The van der Waals surface area contributed by atoms with Gasteiger partial charge in [0.15, 0.2) is 5.78 Å². The number of carbonyl (C=O) groups is 1. The number of alkyl halides is 2. The average Bonchev–Trinajstić information content (AvgIpc) is 2.39. The van der Waals surface area contributed by atoms with Crippen molar-refractivity contribution in [2.45, 2.75) is 33.2 Å². The van der Waals surface area contributed by atoms with Gasteiger partial charge in [0.05, 0.1) is 19.2 Å². The van der Waals surface area contributed by atoms with Crippen molar-refractivity contribution in [1.82, 2.24) is 4.90 Å². The predicted octanol–water partition coefficient (Wildman–Crippen LogP) is 2.43. The lowest BCUT2D eigenvalue weighted by molar-refractivity contribution is 0.0515. The maximum absolute atomic E-state index is 12.5. The number of aliphatic hydroxyl groups is 1. The van der Waals surface area contributed by atoms with Crippen LogP contribution in [0.25, 0.3) is 0 Å². The zero-order valence-corrected chi connectivity index (χ0v) is 12.1. The summed E-state index contributed by atoms with van der Waals surface area (Å²) in [5.41, 5.74) is 2.58. The molecule has 1 N–H and O–H groups in total. The first-order valence-corrected chi connectivity index (χ1v) is 6.61. The molecule has 3 nitrogen and oxygen atoms in total. The first kappa shape index (κ1) is 16.7. The fraction of sp³-hybridized carbons (Fsp3) is 0.533. The Labute approximate surface area is 118 Å². The number of benzene rings is 1. The molecule has 1 unspecified atom stereocenters. The first-order chi connectivity index (χ1) is 9.36. The van der Waals surface area contributed by atoms with E-state index in [-0.39, 0.29) is 18.9 Å². The lowest BCUT2D eigenvalue weighted by Gasteiger charge is -2.27. The van der Waals surface area contributed by atoms with Crippen molar-refractivity contribution in [2.24, 2.45) is 0 Å². The van der Waals surface area contributed by atoms with E-state index < -0.39 is 19.0 Å². The van der Waals surface area contributed by atoms with Crippen molar-refractivity contribution >= 4 is 5.78 Å². The topological polar surface area (TPSA) is 40.5 Å². The minimum Gasteiger partial charge on any atom is -0.395 e. The van der Waals surface area contributed by atoms with Crippen molar-refractivity contribution in [3.05, 3.63) is 34.9 Å². The van der Waals surface area contributed by atoms with Crippen LogP contribution in [0.15, 0.2) is 18.2 Å². The number of hydrogen-bond acceptors (Lipinski definition) is 3. The third-order valence-corrected chi connectivity index (χ3v) is 3.48. The molecule has 0 aromatic heterocycles. The van der Waals surface area contributed by atoms with Crippen molar-refractivity contribution in [1.29, 1.82) is 0 Å². The highest BCUT2D eigenvalue weighted by Crippen LogP contribution is 2.15. The van der Waals surface area contributed by atoms with Crippen LogP contribution >= 0.6 is 0 Å². The van der Waals surface area contributed by atoms with Gasteiger partial charge in [-0.1, -0.05) is 12.1 Å². The second-order valence-electron chi connectivity index (χ2n) is 4.95. The number of hydrogen-bond donors (Lipinski definition) is 1. The monoisotopic (exact) mass is 285 g/mol. The number of ketones is 1. The van der Waals surface area contributed by atoms with Crippen LogP contribution in [0.5, 0.6) is 0 Å². The Morgan fingerprint density at radius 1 is 1.30 bits per heavy atom. The summed E-state index contributed by atoms with van der Waals surface area (Å²) in [7, 11) is 0. The van der Waals surface area contributed by atoms with Gasteiger partial charge in [-0.05, 0) is 38.0 Å². The lowest BCUT2D eigenvalue weighted by atomic mass is 9.99. The molecule has 0 heterocycles. The molecule has 20 heavy (non-hydrogen) atoms. The molecule has 1 aromatic rings. The van der Waals surface area contributed by atoms with Gasteiger partial charge in [0.2, 0.25) is 0 Å². The van der Waals surface area contributed by atoms with E-state index in [4.69, 9.17) is 5.11 Å². The zero-order chi connectivity index (χ0) is 15.3. The molecule has 1 aromatic carbocycles. The molecule has 0 radical (unpaired) electrons. The molecule has 0 fully saturated rings. The SMILES string of the molecule is Cc1ccc(C(=O)C(C)N(CCO)CC(F)F)cc1C. The van der Waals surface area contributed by atoms with Crippen LogP contribution in [-0.2, 0) is 0 Å². The highest BCUT2D eigenvalue weighted by Gasteiger charge is 2.24. The van der Waals surface area contributed by atoms with Gasteiger partial charge in [0.25, 0.3) is 6.43 Å². The van der Waals surface area contributed by atoms with E-state index in [0.717, 1.165) is 11.1 Å². The molecule has 0 spiro atoms. The Kier molecular flexibility index (Phi) is 6.23. The molecule has 0 bridgehead atoms. The molecule has 1 atom stereocenters. The van der Waals surface area contributed by atoms with Crippen molar-refractivity contribution in [2.75, 3.05) is 19.7 Å². The first-order valence-electron chi connectivity index (χ1n) is 6.61. The van der Waals surface area contributed by atoms with Crippen molar-refractivity contribution in [3.8, 4) is 0 Å². The van der Waals surface area contributed by atoms with Crippen LogP contribution in [-0.4, -0.2) is 48.0 Å². The predicted molar refractivity (Wildman–Crippen MR) is 74.4 cm³/mol. The quantitative estimate of drug-likeness (QED) is 0.782. The van der Waals surface area contributed by atoms with Crippen LogP contribution < -0.4 is 0 Å². The van der Waals surface area contributed by atoms with Gasteiger partial charge in [0, 0.05) is 12.1 Å². The van der Waals surface area contributed by atoms with E-state index in [9.17, 15) is 13.6 Å². The number of carbonyl (C=O) groups excluding carboxylic acids is 1. The van der Waals surface area contributed by atoms with E-state index >= 15 is 0 Å². The molecule has 112 valence electrons. The van der Waals surface area contributed by atoms with Gasteiger partial charge in [-0.25, -0.2) is 8.78 Å². The summed E-state index contributed by atoms with van der Waals surface area (Å²) in [6, 6.07) is 4.64. The minimum absolute atomic E-state index is 0.0576. The fourth-order valence-corrected chi connectivity index (χ4v) is 2.05. The number of aryl methyl sites for hydroxylation is 2. The summed E-state index contributed by atoms with van der Waals surface area (Å²) in [5.74, 6) is -0.206. The van der Waals surface area contributed by atoms with E-state index in [1.165, 1.54) is 4.90 Å². The van der Waals surface area contributed by atoms with Crippen LogP contribution in [0.1, 0.15) is 28.4 Å². The Hall–Kier alpha value is -1.33. The van der Waals surface area contributed by atoms with E-state index in [0.29, 0.717) is 5.56 Å². The van der Waals surface area contributed by atoms with Gasteiger partial charge in [-0.2, -0.15) is 0 Å². The standard InChI is InChI=1S/C15H21F2NO2/c1-10-4-5-13(8-11(10)2)15(20)12(3)18(6-7-19)9-14(16)17/h4-5,8,12,14,19H,6-7,9H2,1-3H3. The third kappa shape index (κ3) is 4.35. The number of halogens is 2. The summed E-state index contributed by atoms with van der Waals surface area (Å²) >= 11 is 0. The second-order valence-corrected chi connectivity index (χ2v) is 4.95. The fourth-order valence-electron chi connectivity index (χ4n) is 2.05. The summed E-state index contributed by atoms with van der Waals surface area (Å²) < 4.78 is 25.0. The zero-order valence-electron chi connectivity index (χ0n) is 12.1. The van der Waals surface area contributed by atoms with Crippen molar-refractivity contribution in [3.63, 3.8) is 0 Å². The molecule has 0 saturated heterocycles.